The highest BCUT2D eigenvalue weighted by Gasteiger charge is 2.28. The maximum Gasteiger partial charge on any atom is 0.275 e. The molecule has 1 atom stereocenters. The number of aryl methyl sites for hydroxylation is 1. The van der Waals surface area contributed by atoms with Gasteiger partial charge in [0.15, 0.2) is 0 Å². The van der Waals surface area contributed by atoms with Gasteiger partial charge in [-0.1, -0.05) is 18.5 Å². The third kappa shape index (κ3) is 3.70. The van der Waals surface area contributed by atoms with Gasteiger partial charge in [-0.2, -0.15) is 0 Å². The molecule has 4 heterocycles. The maximum atomic E-state index is 12.9. The minimum absolute atomic E-state index is 0.131. The molecule has 0 fully saturated rings. The number of H-pyrrole nitrogens is 1. The number of halogens is 1. The summed E-state index contributed by atoms with van der Waals surface area (Å²) in [4.78, 5) is 44.8. The van der Waals surface area contributed by atoms with Crippen molar-refractivity contribution in [3.05, 3.63) is 56.9 Å². The Morgan fingerprint density at radius 3 is 2.93 bits per heavy atom. The zero-order valence-electron chi connectivity index (χ0n) is 16.7. The van der Waals surface area contributed by atoms with Crippen LogP contribution in [0.25, 0.3) is 10.9 Å². The van der Waals surface area contributed by atoms with E-state index in [0.717, 1.165) is 16.5 Å². The Morgan fingerprint density at radius 2 is 2.17 bits per heavy atom. The Bertz CT molecular complexity index is 1210. The van der Waals surface area contributed by atoms with Crippen molar-refractivity contribution in [2.24, 2.45) is 5.92 Å². The first-order chi connectivity index (χ1) is 14.4. The number of fused-ring (bicyclic) bond motifs is 2. The van der Waals surface area contributed by atoms with Gasteiger partial charge in [-0.15, -0.1) is 0 Å². The van der Waals surface area contributed by atoms with Crippen LogP contribution in [-0.2, 0) is 29.1 Å². The van der Waals surface area contributed by atoms with E-state index >= 15 is 0 Å². The molecule has 0 unspecified atom stereocenters. The van der Waals surface area contributed by atoms with Crippen molar-refractivity contribution in [1.29, 1.82) is 0 Å². The molecule has 0 radical (unpaired) electrons. The van der Waals surface area contributed by atoms with Crippen LogP contribution in [0, 0.1) is 12.8 Å². The van der Waals surface area contributed by atoms with Crippen molar-refractivity contribution in [3.63, 3.8) is 0 Å². The van der Waals surface area contributed by atoms with Crippen LogP contribution in [0.2, 0.25) is 5.02 Å². The number of hydrogen-bond acceptors (Lipinski definition) is 4. The van der Waals surface area contributed by atoms with E-state index in [1.807, 2.05) is 19.1 Å². The molecule has 3 aromatic rings. The number of rotatable bonds is 5. The monoisotopic (exact) mass is 427 g/mol. The maximum absolute atomic E-state index is 12.9. The number of anilines is 1. The number of nitrogens with zero attached hydrogens (tertiary/aromatic N) is 2. The number of carbonyl (C=O) groups excluding carboxylic acids is 2. The van der Waals surface area contributed by atoms with Crippen LogP contribution in [-0.4, -0.2) is 26.3 Å². The van der Waals surface area contributed by atoms with E-state index in [-0.39, 0.29) is 42.1 Å². The van der Waals surface area contributed by atoms with E-state index in [4.69, 9.17) is 11.6 Å². The summed E-state index contributed by atoms with van der Waals surface area (Å²) in [7, 11) is 0. The van der Waals surface area contributed by atoms with E-state index in [2.05, 4.69) is 20.6 Å². The predicted molar refractivity (Wildman–Crippen MR) is 115 cm³/mol. The standard InChI is InChI=1S/C21H22ClN5O3/c1-3-12-5-13-4-11(2)27(21(30)19(13)26-20(12)29)10-18(28)25-7-14-6-15-16(22)8-24-17(15)9-23-14/h4,6,8-9,12,24H,3,5,7,10H2,1-2H3,(H,25,28)(H,26,29)/t12-/m0/s1. The molecule has 1 aliphatic rings. The van der Waals surface area contributed by atoms with E-state index in [9.17, 15) is 14.4 Å². The highest BCUT2D eigenvalue weighted by molar-refractivity contribution is 6.35. The lowest BCUT2D eigenvalue weighted by atomic mass is 9.91. The first-order valence-electron chi connectivity index (χ1n) is 9.79. The minimum Gasteiger partial charge on any atom is -0.358 e. The number of carbonyl (C=O) groups is 2. The molecular weight excluding hydrogens is 406 g/mol. The van der Waals surface area contributed by atoms with Gasteiger partial charge in [0.25, 0.3) is 5.56 Å². The number of amides is 2. The molecule has 0 aromatic carbocycles. The molecule has 0 bridgehead atoms. The lowest BCUT2D eigenvalue weighted by Gasteiger charge is -2.25. The van der Waals surface area contributed by atoms with Crippen molar-refractivity contribution in [2.75, 3.05) is 5.32 Å². The second kappa shape index (κ2) is 7.95. The summed E-state index contributed by atoms with van der Waals surface area (Å²) < 4.78 is 1.38. The second-order valence-corrected chi connectivity index (χ2v) is 7.92. The van der Waals surface area contributed by atoms with Crippen molar-refractivity contribution in [3.8, 4) is 0 Å². The summed E-state index contributed by atoms with van der Waals surface area (Å²) in [6.07, 6.45) is 4.59. The summed E-state index contributed by atoms with van der Waals surface area (Å²) in [6.45, 7) is 3.81. The molecule has 9 heteroatoms. The van der Waals surface area contributed by atoms with Gasteiger partial charge in [-0.05, 0) is 37.5 Å². The van der Waals surface area contributed by atoms with Gasteiger partial charge in [0.05, 0.1) is 29.0 Å². The molecule has 0 saturated heterocycles. The normalized spacial score (nSPS) is 15.7. The molecule has 0 saturated carbocycles. The van der Waals surface area contributed by atoms with Crippen LogP contribution >= 0.6 is 11.6 Å². The Balaban J connectivity index is 1.49. The van der Waals surface area contributed by atoms with E-state index < -0.39 is 0 Å². The van der Waals surface area contributed by atoms with Crippen LogP contribution < -0.4 is 16.2 Å². The highest BCUT2D eigenvalue weighted by atomic mass is 35.5. The molecule has 3 aromatic heterocycles. The highest BCUT2D eigenvalue weighted by Crippen LogP contribution is 2.25. The zero-order chi connectivity index (χ0) is 21.4. The molecule has 1 aliphatic heterocycles. The first-order valence-corrected chi connectivity index (χ1v) is 10.2. The van der Waals surface area contributed by atoms with Crippen molar-refractivity contribution >= 4 is 40.0 Å². The molecule has 156 valence electrons. The zero-order valence-corrected chi connectivity index (χ0v) is 17.5. The summed E-state index contributed by atoms with van der Waals surface area (Å²) >= 11 is 6.12. The van der Waals surface area contributed by atoms with Crippen LogP contribution in [0.4, 0.5) is 5.69 Å². The second-order valence-electron chi connectivity index (χ2n) is 7.51. The van der Waals surface area contributed by atoms with Gasteiger partial charge >= 0.3 is 0 Å². The van der Waals surface area contributed by atoms with Gasteiger partial charge in [-0.3, -0.25) is 19.4 Å². The van der Waals surface area contributed by atoms with E-state index in [0.29, 0.717) is 29.3 Å². The summed E-state index contributed by atoms with van der Waals surface area (Å²) in [6, 6.07) is 3.68. The molecule has 30 heavy (non-hydrogen) atoms. The lowest BCUT2D eigenvalue weighted by molar-refractivity contribution is -0.122. The van der Waals surface area contributed by atoms with Crippen LogP contribution in [0.5, 0.6) is 0 Å². The topological polar surface area (TPSA) is 109 Å². The fraction of sp³-hybridized carbons (Fsp3) is 0.333. The number of pyridine rings is 2. The van der Waals surface area contributed by atoms with Crippen molar-refractivity contribution in [2.45, 2.75) is 39.8 Å². The minimum atomic E-state index is -0.360. The van der Waals surface area contributed by atoms with Gasteiger partial charge < -0.3 is 20.2 Å². The average molecular weight is 428 g/mol. The first kappa shape index (κ1) is 20.2. The Kier molecular flexibility index (Phi) is 5.34. The molecule has 8 nitrogen and oxygen atoms in total. The lowest BCUT2D eigenvalue weighted by Crippen LogP contribution is -2.38. The van der Waals surface area contributed by atoms with Gasteiger partial charge in [0, 0.05) is 23.2 Å². The van der Waals surface area contributed by atoms with E-state index in [1.165, 1.54) is 4.57 Å². The Hall–Kier alpha value is -3.13. The Morgan fingerprint density at radius 1 is 1.37 bits per heavy atom. The number of hydrogen-bond donors (Lipinski definition) is 3. The largest absolute Gasteiger partial charge is 0.358 e. The number of nitrogens with one attached hydrogen (secondary N) is 3. The average Bonchev–Trinajstić information content (AvgIpc) is 3.10. The Labute approximate surface area is 177 Å². The summed E-state index contributed by atoms with van der Waals surface area (Å²) in [5.41, 5.74) is 2.89. The summed E-state index contributed by atoms with van der Waals surface area (Å²) in [5, 5.41) is 6.92. The molecule has 4 rings (SSSR count). The molecule has 0 spiro atoms. The van der Waals surface area contributed by atoms with Crippen LogP contribution in [0.15, 0.2) is 29.3 Å². The van der Waals surface area contributed by atoms with E-state index in [1.54, 1.807) is 19.3 Å². The third-order valence-corrected chi connectivity index (χ3v) is 5.82. The van der Waals surface area contributed by atoms with Crippen molar-refractivity contribution in [1.82, 2.24) is 19.9 Å². The SMILES string of the molecule is CC[C@H]1Cc2cc(C)n(CC(=O)NCc3cc4c(Cl)c[nH]c4cn3)c(=O)c2NC1=O. The molecule has 0 aliphatic carbocycles. The third-order valence-electron chi connectivity index (χ3n) is 5.51. The van der Waals surface area contributed by atoms with Crippen LogP contribution in [0.3, 0.4) is 0 Å². The quantitative estimate of drug-likeness (QED) is 0.581. The van der Waals surface area contributed by atoms with Gasteiger partial charge in [0.2, 0.25) is 11.8 Å². The molecular formula is C21H22ClN5O3. The predicted octanol–water partition coefficient (Wildman–Crippen LogP) is 2.52. The molecule has 3 N–H and O–H groups in total. The number of aromatic amines is 1. The van der Waals surface area contributed by atoms with Gasteiger partial charge in [0.1, 0.15) is 12.2 Å². The summed E-state index contributed by atoms with van der Waals surface area (Å²) in [5.74, 6) is -0.601. The number of aromatic nitrogens is 3. The smallest absolute Gasteiger partial charge is 0.275 e. The van der Waals surface area contributed by atoms with Crippen LogP contribution in [0.1, 0.15) is 30.3 Å². The fourth-order valence-corrected chi connectivity index (χ4v) is 3.97. The molecule has 2 amide bonds. The fourth-order valence-electron chi connectivity index (χ4n) is 3.75. The van der Waals surface area contributed by atoms with Gasteiger partial charge in [-0.25, -0.2) is 0 Å². The van der Waals surface area contributed by atoms with Crippen molar-refractivity contribution < 1.29 is 9.59 Å².